The number of methoxy groups -OCH3 is 1. The highest BCUT2D eigenvalue weighted by molar-refractivity contribution is 5.65. The Morgan fingerprint density at radius 1 is 1.33 bits per heavy atom. The molecule has 0 radical (unpaired) electrons. The van der Waals surface area contributed by atoms with Crippen molar-refractivity contribution in [2.45, 2.75) is 32.2 Å². The molecule has 1 aliphatic rings. The summed E-state index contributed by atoms with van der Waals surface area (Å²) >= 11 is 0. The monoisotopic (exact) mass is 205 g/mol. The molecule has 0 saturated heterocycles. The summed E-state index contributed by atoms with van der Waals surface area (Å²) in [4.78, 5) is 2.34. The molecule has 0 fully saturated rings. The van der Waals surface area contributed by atoms with Crippen molar-refractivity contribution >= 4 is 5.69 Å². The minimum Gasteiger partial charge on any atom is -0.497 e. The first-order valence-electron chi connectivity index (χ1n) is 5.40. The molecule has 2 heteroatoms. The summed E-state index contributed by atoms with van der Waals surface area (Å²) in [5, 5.41) is 0. The molecular formula is C13H19NO. The van der Waals surface area contributed by atoms with Gasteiger partial charge in [-0.2, -0.15) is 0 Å². The van der Waals surface area contributed by atoms with E-state index in [1.807, 2.05) is 6.07 Å². The maximum atomic E-state index is 5.28. The van der Waals surface area contributed by atoms with Gasteiger partial charge in [-0.05, 0) is 30.7 Å². The van der Waals surface area contributed by atoms with E-state index in [9.17, 15) is 0 Å². The largest absolute Gasteiger partial charge is 0.497 e. The van der Waals surface area contributed by atoms with Crippen LogP contribution >= 0.6 is 0 Å². The minimum absolute atomic E-state index is 0.193. The van der Waals surface area contributed by atoms with Crippen molar-refractivity contribution < 1.29 is 4.74 Å². The highest BCUT2D eigenvalue weighted by Crippen LogP contribution is 2.45. The first-order chi connectivity index (χ1) is 6.98. The maximum absolute atomic E-state index is 5.28. The lowest BCUT2D eigenvalue weighted by atomic mass is 9.81. The van der Waals surface area contributed by atoms with Crippen LogP contribution in [0.2, 0.25) is 0 Å². The van der Waals surface area contributed by atoms with Gasteiger partial charge in [-0.1, -0.05) is 13.8 Å². The Bertz CT molecular complexity index is 384. The molecule has 1 aromatic carbocycles. The molecular weight excluding hydrogens is 186 g/mol. The van der Waals surface area contributed by atoms with Crippen LogP contribution in [0.5, 0.6) is 5.75 Å². The zero-order valence-electron chi connectivity index (χ0n) is 10.2. The summed E-state index contributed by atoms with van der Waals surface area (Å²) < 4.78 is 5.28. The molecule has 0 bridgehead atoms. The van der Waals surface area contributed by atoms with Crippen LogP contribution in [-0.4, -0.2) is 20.2 Å². The van der Waals surface area contributed by atoms with E-state index >= 15 is 0 Å². The summed E-state index contributed by atoms with van der Waals surface area (Å²) in [6.45, 7) is 6.85. The Balaban J connectivity index is 2.57. The quantitative estimate of drug-likeness (QED) is 0.699. The molecule has 82 valence electrons. The summed E-state index contributed by atoms with van der Waals surface area (Å²) in [6.07, 6.45) is 0. The smallest absolute Gasteiger partial charge is 0.119 e. The van der Waals surface area contributed by atoms with Crippen LogP contribution in [0.25, 0.3) is 0 Å². The molecule has 2 rings (SSSR count). The van der Waals surface area contributed by atoms with E-state index in [4.69, 9.17) is 4.74 Å². The lowest BCUT2D eigenvalue weighted by molar-refractivity contribution is 0.410. The van der Waals surface area contributed by atoms with Crippen LogP contribution in [0.4, 0.5) is 5.69 Å². The molecule has 0 aliphatic carbocycles. The second kappa shape index (κ2) is 3.16. The maximum Gasteiger partial charge on any atom is 0.119 e. The lowest BCUT2D eigenvalue weighted by Crippen LogP contribution is -2.36. The third-order valence-electron chi connectivity index (χ3n) is 3.90. The first kappa shape index (κ1) is 10.3. The molecule has 0 spiro atoms. The molecule has 1 aromatic rings. The summed E-state index contributed by atoms with van der Waals surface area (Å²) in [5.74, 6) is 0.948. The molecule has 0 amide bonds. The molecule has 0 saturated carbocycles. The highest BCUT2D eigenvalue weighted by Gasteiger charge is 2.40. The third-order valence-corrected chi connectivity index (χ3v) is 3.90. The fourth-order valence-corrected chi connectivity index (χ4v) is 2.38. The number of likely N-dealkylation sites (N-methyl/N-ethyl adjacent to an activating group) is 1. The van der Waals surface area contributed by atoms with Crippen LogP contribution in [-0.2, 0) is 5.41 Å². The van der Waals surface area contributed by atoms with Crippen molar-refractivity contribution in [3.8, 4) is 5.75 Å². The molecule has 1 unspecified atom stereocenters. The second-order valence-corrected chi connectivity index (χ2v) is 4.89. The number of nitrogens with zero attached hydrogens (tertiary/aromatic N) is 1. The van der Waals surface area contributed by atoms with Gasteiger partial charge in [-0.15, -0.1) is 0 Å². The summed E-state index contributed by atoms with van der Waals surface area (Å²) in [5.41, 5.74) is 2.91. The van der Waals surface area contributed by atoms with Gasteiger partial charge in [0.05, 0.1) is 7.11 Å². The van der Waals surface area contributed by atoms with Gasteiger partial charge in [0.2, 0.25) is 0 Å². The van der Waals surface area contributed by atoms with E-state index < -0.39 is 0 Å². The molecule has 0 N–H and O–H groups in total. The number of rotatable bonds is 1. The number of anilines is 1. The van der Waals surface area contributed by atoms with Crippen LogP contribution < -0.4 is 9.64 Å². The fraction of sp³-hybridized carbons (Fsp3) is 0.538. The SMILES string of the molecule is COc1ccc2c(c1)C(C)(C)C(C)N2C. The molecule has 0 aromatic heterocycles. The third kappa shape index (κ3) is 1.31. The van der Waals surface area contributed by atoms with Gasteiger partial charge >= 0.3 is 0 Å². The average molecular weight is 205 g/mol. The van der Waals surface area contributed by atoms with Crippen LogP contribution in [0.3, 0.4) is 0 Å². The summed E-state index contributed by atoms with van der Waals surface area (Å²) in [6, 6.07) is 6.87. The Hall–Kier alpha value is -1.18. The van der Waals surface area contributed by atoms with Crippen molar-refractivity contribution in [1.29, 1.82) is 0 Å². The minimum atomic E-state index is 0.193. The molecule has 1 heterocycles. The Labute approximate surface area is 91.9 Å². The Kier molecular flexibility index (Phi) is 2.18. The standard InChI is InChI=1S/C13H19NO/c1-9-13(2,3)11-8-10(15-5)6-7-12(11)14(9)4/h6-9H,1-5H3. The zero-order valence-corrected chi connectivity index (χ0v) is 10.2. The van der Waals surface area contributed by atoms with Gasteiger partial charge in [0.1, 0.15) is 5.75 Å². The number of ether oxygens (including phenoxy) is 1. The number of fused-ring (bicyclic) bond motifs is 1. The summed E-state index contributed by atoms with van der Waals surface area (Å²) in [7, 11) is 3.88. The van der Waals surface area contributed by atoms with Crippen molar-refractivity contribution in [1.82, 2.24) is 0 Å². The van der Waals surface area contributed by atoms with Crippen molar-refractivity contribution in [2.75, 3.05) is 19.1 Å². The topological polar surface area (TPSA) is 12.5 Å². The lowest BCUT2D eigenvalue weighted by Gasteiger charge is -2.28. The van der Waals surface area contributed by atoms with E-state index in [-0.39, 0.29) is 5.41 Å². The zero-order chi connectivity index (χ0) is 11.2. The molecule has 2 nitrogen and oxygen atoms in total. The first-order valence-corrected chi connectivity index (χ1v) is 5.40. The molecule has 15 heavy (non-hydrogen) atoms. The number of hydrogen-bond acceptors (Lipinski definition) is 2. The van der Waals surface area contributed by atoms with Gasteiger partial charge in [-0.3, -0.25) is 0 Å². The van der Waals surface area contributed by atoms with Gasteiger partial charge in [0, 0.05) is 24.2 Å². The predicted octanol–water partition coefficient (Wildman–Crippen LogP) is 2.81. The number of hydrogen-bond donors (Lipinski definition) is 0. The van der Waals surface area contributed by atoms with E-state index in [2.05, 4.69) is 44.9 Å². The van der Waals surface area contributed by atoms with Crippen molar-refractivity contribution in [3.05, 3.63) is 23.8 Å². The normalized spacial score (nSPS) is 22.7. The predicted molar refractivity (Wildman–Crippen MR) is 63.9 cm³/mol. The second-order valence-electron chi connectivity index (χ2n) is 4.89. The van der Waals surface area contributed by atoms with Gasteiger partial charge in [-0.25, -0.2) is 0 Å². The van der Waals surface area contributed by atoms with E-state index in [1.165, 1.54) is 11.3 Å². The number of benzene rings is 1. The van der Waals surface area contributed by atoms with E-state index in [0.29, 0.717) is 6.04 Å². The highest BCUT2D eigenvalue weighted by atomic mass is 16.5. The van der Waals surface area contributed by atoms with Crippen LogP contribution in [0.15, 0.2) is 18.2 Å². The van der Waals surface area contributed by atoms with Crippen molar-refractivity contribution in [3.63, 3.8) is 0 Å². The average Bonchev–Trinajstić information content (AvgIpc) is 2.40. The van der Waals surface area contributed by atoms with E-state index in [1.54, 1.807) is 7.11 Å². The molecule has 1 atom stereocenters. The van der Waals surface area contributed by atoms with Crippen LogP contribution in [0.1, 0.15) is 26.3 Å². The van der Waals surface area contributed by atoms with Gasteiger partial charge in [0.15, 0.2) is 0 Å². The van der Waals surface area contributed by atoms with Gasteiger partial charge < -0.3 is 9.64 Å². The van der Waals surface area contributed by atoms with Crippen molar-refractivity contribution in [2.24, 2.45) is 0 Å². The van der Waals surface area contributed by atoms with Gasteiger partial charge in [0.25, 0.3) is 0 Å². The fourth-order valence-electron chi connectivity index (χ4n) is 2.38. The Morgan fingerprint density at radius 3 is 2.60 bits per heavy atom. The Morgan fingerprint density at radius 2 is 2.00 bits per heavy atom. The van der Waals surface area contributed by atoms with E-state index in [0.717, 1.165) is 5.75 Å². The molecule has 1 aliphatic heterocycles. The van der Waals surface area contributed by atoms with Crippen LogP contribution in [0, 0.1) is 0 Å².